The predicted molar refractivity (Wildman–Crippen MR) is 84.3 cm³/mol. The highest BCUT2D eigenvalue weighted by Crippen LogP contribution is 2.34. The van der Waals surface area contributed by atoms with Gasteiger partial charge in [-0.15, -0.1) is 0 Å². The van der Waals surface area contributed by atoms with Gasteiger partial charge in [0.05, 0.1) is 19.8 Å². The highest BCUT2D eigenvalue weighted by Gasteiger charge is 2.18. The smallest absolute Gasteiger partial charge is 0.127 e. The van der Waals surface area contributed by atoms with Crippen molar-refractivity contribution in [3.05, 3.63) is 57.8 Å². The maximum absolute atomic E-state index is 13.5. The van der Waals surface area contributed by atoms with E-state index in [2.05, 4.69) is 15.9 Å². The molecule has 0 heterocycles. The first kappa shape index (κ1) is 15.8. The van der Waals surface area contributed by atoms with Gasteiger partial charge in [0.25, 0.3) is 0 Å². The van der Waals surface area contributed by atoms with Gasteiger partial charge in [0.15, 0.2) is 0 Å². The van der Waals surface area contributed by atoms with E-state index in [1.54, 1.807) is 14.2 Å². The molecule has 112 valence electrons. The van der Waals surface area contributed by atoms with E-state index in [1.807, 2.05) is 24.3 Å². The van der Waals surface area contributed by atoms with Gasteiger partial charge in [-0.25, -0.2) is 4.39 Å². The molecule has 0 bridgehead atoms. The van der Waals surface area contributed by atoms with E-state index in [0.717, 1.165) is 11.1 Å². The Morgan fingerprint density at radius 2 is 1.76 bits per heavy atom. The molecule has 0 saturated carbocycles. The van der Waals surface area contributed by atoms with Crippen LogP contribution in [0.2, 0.25) is 0 Å². The van der Waals surface area contributed by atoms with E-state index in [0.29, 0.717) is 22.4 Å². The van der Waals surface area contributed by atoms with E-state index < -0.39 is 0 Å². The van der Waals surface area contributed by atoms with Gasteiger partial charge in [-0.05, 0) is 42.3 Å². The molecule has 2 rings (SSSR count). The number of rotatable bonds is 5. The number of methoxy groups -OCH3 is 2. The highest BCUT2D eigenvalue weighted by molar-refractivity contribution is 9.10. The van der Waals surface area contributed by atoms with E-state index >= 15 is 0 Å². The van der Waals surface area contributed by atoms with Crippen LogP contribution in [-0.2, 0) is 6.42 Å². The number of ether oxygens (including phenoxy) is 2. The summed E-state index contributed by atoms with van der Waals surface area (Å²) in [6, 6.07) is 9.89. The third-order valence-corrected chi connectivity index (χ3v) is 3.67. The fourth-order valence-corrected chi connectivity index (χ4v) is 2.84. The Labute approximate surface area is 132 Å². The van der Waals surface area contributed by atoms with Crippen molar-refractivity contribution in [2.24, 2.45) is 5.73 Å². The van der Waals surface area contributed by atoms with Crippen molar-refractivity contribution in [2.75, 3.05) is 14.2 Å². The van der Waals surface area contributed by atoms with Crippen molar-refractivity contribution in [3.8, 4) is 11.5 Å². The molecule has 0 aliphatic heterocycles. The van der Waals surface area contributed by atoms with Crippen molar-refractivity contribution >= 4 is 15.9 Å². The van der Waals surface area contributed by atoms with Crippen LogP contribution in [0.1, 0.15) is 17.2 Å². The Bertz CT molecular complexity index is 591. The first-order valence-electron chi connectivity index (χ1n) is 6.46. The minimum Gasteiger partial charge on any atom is -0.496 e. The third-order valence-electron chi connectivity index (χ3n) is 3.21. The van der Waals surface area contributed by atoms with E-state index in [4.69, 9.17) is 15.2 Å². The standard InChI is InChI=1S/C16H17BrFNO2/c1-20-14-4-3-5-15(21-2)16(14)13(19)8-10-6-11(17)9-12(18)7-10/h3-7,9,13H,8,19H2,1-2H3. The summed E-state index contributed by atoms with van der Waals surface area (Å²) >= 11 is 3.29. The monoisotopic (exact) mass is 353 g/mol. The van der Waals surface area contributed by atoms with Gasteiger partial charge < -0.3 is 15.2 Å². The lowest BCUT2D eigenvalue weighted by Gasteiger charge is -2.19. The molecular formula is C16H17BrFNO2. The number of benzene rings is 2. The van der Waals surface area contributed by atoms with Crippen LogP contribution in [0.4, 0.5) is 4.39 Å². The fourth-order valence-electron chi connectivity index (χ4n) is 2.33. The summed E-state index contributed by atoms with van der Waals surface area (Å²) in [6.45, 7) is 0. The summed E-state index contributed by atoms with van der Waals surface area (Å²) in [6.07, 6.45) is 0.479. The van der Waals surface area contributed by atoms with Crippen LogP contribution in [0.25, 0.3) is 0 Å². The van der Waals surface area contributed by atoms with Gasteiger partial charge in [0, 0.05) is 10.5 Å². The predicted octanol–water partition coefficient (Wildman–Crippen LogP) is 3.85. The number of halogens is 2. The molecule has 2 aromatic rings. The van der Waals surface area contributed by atoms with Crippen LogP contribution in [0, 0.1) is 5.82 Å². The van der Waals surface area contributed by atoms with Gasteiger partial charge in [-0.3, -0.25) is 0 Å². The lowest BCUT2D eigenvalue weighted by molar-refractivity contribution is 0.379. The van der Waals surface area contributed by atoms with Crippen LogP contribution in [0.5, 0.6) is 11.5 Å². The van der Waals surface area contributed by atoms with Gasteiger partial charge in [0.2, 0.25) is 0 Å². The normalized spacial score (nSPS) is 12.0. The summed E-state index contributed by atoms with van der Waals surface area (Å²) in [4.78, 5) is 0. The zero-order valence-corrected chi connectivity index (χ0v) is 13.5. The molecule has 3 nitrogen and oxygen atoms in total. The number of hydrogen-bond acceptors (Lipinski definition) is 3. The molecule has 5 heteroatoms. The molecule has 21 heavy (non-hydrogen) atoms. The lowest BCUT2D eigenvalue weighted by Crippen LogP contribution is -2.16. The molecular weight excluding hydrogens is 337 g/mol. The van der Waals surface area contributed by atoms with Crippen LogP contribution in [-0.4, -0.2) is 14.2 Å². The van der Waals surface area contributed by atoms with Gasteiger partial charge in [-0.1, -0.05) is 22.0 Å². The zero-order valence-electron chi connectivity index (χ0n) is 11.9. The van der Waals surface area contributed by atoms with E-state index in [9.17, 15) is 4.39 Å². The molecule has 0 fully saturated rings. The Hall–Kier alpha value is -1.59. The zero-order chi connectivity index (χ0) is 15.4. The second-order valence-electron chi connectivity index (χ2n) is 4.66. The Kier molecular flexibility index (Phi) is 5.20. The van der Waals surface area contributed by atoms with E-state index in [-0.39, 0.29) is 11.9 Å². The molecule has 0 aromatic heterocycles. The first-order valence-corrected chi connectivity index (χ1v) is 7.26. The maximum atomic E-state index is 13.5. The van der Waals surface area contributed by atoms with E-state index in [1.165, 1.54) is 12.1 Å². The third kappa shape index (κ3) is 3.74. The van der Waals surface area contributed by atoms with Crippen molar-refractivity contribution in [3.63, 3.8) is 0 Å². The van der Waals surface area contributed by atoms with Crippen molar-refractivity contribution in [1.29, 1.82) is 0 Å². The van der Waals surface area contributed by atoms with Crippen molar-refractivity contribution in [2.45, 2.75) is 12.5 Å². The summed E-state index contributed by atoms with van der Waals surface area (Å²) < 4.78 is 24.8. The van der Waals surface area contributed by atoms with Gasteiger partial charge >= 0.3 is 0 Å². The van der Waals surface area contributed by atoms with Crippen molar-refractivity contribution < 1.29 is 13.9 Å². The van der Waals surface area contributed by atoms with Crippen LogP contribution in [0.15, 0.2) is 40.9 Å². The minimum atomic E-state index is -0.357. The Morgan fingerprint density at radius 3 is 2.29 bits per heavy atom. The summed E-state index contributed by atoms with van der Waals surface area (Å²) in [5, 5.41) is 0. The van der Waals surface area contributed by atoms with Gasteiger partial charge in [-0.2, -0.15) is 0 Å². The number of nitrogens with two attached hydrogens (primary N) is 1. The van der Waals surface area contributed by atoms with Gasteiger partial charge in [0.1, 0.15) is 17.3 Å². The molecule has 2 aromatic carbocycles. The second-order valence-corrected chi connectivity index (χ2v) is 5.58. The lowest BCUT2D eigenvalue weighted by atomic mass is 9.98. The van der Waals surface area contributed by atoms with Crippen LogP contribution >= 0.6 is 15.9 Å². The SMILES string of the molecule is COc1cccc(OC)c1C(N)Cc1cc(F)cc(Br)c1. The molecule has 0 saturated heterocycles. The molecule has 0 aliphatic carbocycles. The molecule has 2 N–H and O–H groups in total. The number of hydrogen-bond donors (Lipinski definition) is 1. The van der Waals surface area contributed by atoms with Crippen molar-refractivity contribution in [1.82, 2.24) is 0 Å². The molecule has 0 amide bonds. The maximum Gasteiger partial charge on any atom is 0.127 e. The molecule has 1 unspecified atom stereocenters. The topological polar surface area (TPSA) is 44.5 Å². The molecule has 0 radical (unpaired) electrons. The first-order chi connectivity index (χ1) is 10.0. The van der Waals surface area contributed by atoms with Crippen LogP contribution in [0.3, 0.4) is 0 Å². The summed E-state index contributed by atoms with van der Waals surface area (Å²) in [7, 11) is 3.17. The largest absolute Gasteiger partial charge is 0.496 e. The average Bonchev–Trinajstić information content (AvgIpc) is 2.45. The van der Waals surface area contributed by atoms with Crippen LogP contribution < -0.4 is 15.2 Å². The highest BCUT2D eigenvalue weighted by atomic mass is 79.9. The summed E-state index contributed by atoms with van der Waals surface area (Å²) in [5.41, 5.74) is 7.87. The Morgan fingerprint density at radius 1 is 1.14 bits per heavy atom. The molecule has 0 aliphatic rings. The minimum absolute atomic E-state index is 0.293. The quantitative estimate of drug-likeness (QED) is 0.887. The average molecular weight is 354 g/mol. The Balaban J connectivity index is 2.33. The fraction of sp³-hybridized carbons (Fsp3) is 0.250. The second kappa shape index (κ2) is 6.91. The summed E-state index contributed by atoms with van der Waals surface area (Å²) in [5.74, 6) is 1.04. The molecule has 0 spiro atoms. The molecule has 1 atom stereocenters.